The van der Waals surface area contributed by atoms with Crippen LogP contribution in [0.15, 0.2) is 0 Å². The van der Waals surface area contributed by atoms with E-state index in [1.54, 1.807) is 0 Å². The second kappa shape index (κ2) is 4.90. The zero-order valence-corrected chi connectivity index (χ0v) is 11.7. The molecule has 102 valence electrons. The Morgan fingerprint density at radius 1 is 1.11 bits per heavy atom. The number of hydrogen-bond donors (Lipinski definition) is 0. The van der Waals surface area contributed by atoms with Crippen molar-refractivity contribution in [3.63, 3.8) is 0 Å². The normalized spacial score (nSPS) is 22.2. The summed E-state index contributed by atoms with van der Waals surface area (Å²) in [7, 11) is 0. The number of carbonyl (C=O) groups excluding carboxylic acids is 2. The fraction of sp³-hybridized carbons (Fsp3) is 0.857. The number of piperidine rings is 1. The van der Waals surface area contributed by atoms with Gasteiger partial charge in [-0.05, 0) is 12.8 Å². The van der Waals surface area contributed by atoms with Crippen molar-refractivity contribution in [2.24, 2.45) is 11.3 Å². The minimum absolute atomic E-state index is 0.0959. The summed E-state index contributed by atoms with van der Waals surface area (Å²) in [5.74, 6) is 0.630. The van der Waals surface area contributed by atoms with Crippen LogP contribution in [0.2, 0.25) is 0 Å². The van der Waals surface area contributed by atoms with E-state index in [0.717, 1.165) is 39.0 Å². The maximum absolute atomic E-state index is 11.9. The second-order valence-corrected chi connectivity index (χ2v) is 6.08. The number of rotatable bonds is 2. The molecule has 2 rings (SSSR count). The Morgan fingerprint density at radius 2 is 1.67 bits per heavy atom. The van der Waals surface area contributed by atoms with E-state index in [2.05, 4.69) is 0 Å². The molecule has 2 aliphatic rings. The van der Waals surface area contributed by atoms with Gasteiger partial charge in [-0.25, -0.2) is 0 Å². The SMILES string of the molecule is CCC(=O)N1CC2(CCN(C(=O)C(C)C)CC2)C1. The molecule has 4 heteroatoms. The molecular weight excluding hydrogens is 228 g/mol. The van der Waals surface area contributed by atoms with Crippen LogP contribution >= 0.6 is 0 Å². The largest absolute Gasteiger partial charge is 0.342 e. The first-order chi connectivity index (χ1) is 8.47. The van der Waals surface area contributed by atoms with Gasteiger partial charge in [0.25, 0.3) is 0 Å². The highest BCUT2D eigenvalue weighted by Crippen LogP contribution is 2.40. The van der Waals surface area contributed by atoms with Crippen molar-refractivity contribution in [1.29, 1.82) is 0 Å². The Labute approximate surface area is 109 Å². The number of nitrogens with zero attached hydrogens (tertiary/aromatic N) is 2. The number of likely N-dealkylation sites (tertiary alicyclic amines) is 2. The number of amides is 2. The summed E-state index contributed by atoms with van der Waals surface area (Å²) in [6.07, 6.45) is 2.71. The standard InChI is InChI=1S/C14H24N2O2/c1-4-12(17)16-9-14(10-16)5-7-15(8-6-14)13(18)11(2)3/h11H,4-10H2,1-3H3. The van der Waals surface area contributed by atoms with Gasteiger partial charge in [-0.3, -0.25) is 9.59 Å². The van der Waals surface area contributed by atoms with Gasteiger partial charge >= 0.3 is 0 Å². The van der Waals surface area contributed by atoms with Crippen LogP contribution in [-0.4, -0.2) is 47.8 Å². The average molecular weight is 252 g/mol. The van der Waals surface area contributed by atoms with Crippen molar-refractivity contribution in [2.45, 2.75) is 40.0 Å². The Hall–Kier alpha value is -1.06. The quantitative estimate of drug-likeness (QED) is 0.747. The van der Waals surface area contributed by atoms with Crippen LogP contribution in [0.3, 0.4) is 0 Å². The first-order valence-electron chi connectivity index (χ1n) is 7.04. The number of hydrogen-bond acceptors (Lipinski definition) is 2. The molecule has 0 aromatic carbocycles. The molecule has 0 radical (unpaired) electrons. The van der Waals surface area contributed by atoms with Gasteiger partial charge in [0.2, 0.25) is 11.8 Å². The third kappa shape index (κ3) is 2.38. The van der Waals surface area contributed by atoms with Crippen LogP contribution in [0.1, 0.15) is 40.0 Å². The van der Waals surface area contributed by atoms with Gasteiger partial charge < -0.3 is 9.80 Å². The highest BCUT2D eigenvalue weighted by Gasteiger charge is 2.46. The lowest BCUT2D eigenvalue weighted by Gasteiger charge is -2.54. The van der Waals surface area contributed by atoms with Gasteiger partial charge in [0.1, 0.15) is 0 Å². The van der Waals surface area contributed by atoms with E-state index in [-0.39, 0.29) is 17.7 Å². The molecule has 2 saturated heterocycles. The van der Waals surface area contributed by atoms with E-state index >= 15 is 0 Å². The van der Waals surface area contributed by atoms with E-state index in [0.29, 0.717) is 11.8 Å². The van der Waals surface area contributed by atoms with Gasteiger partial charge in [-0.15, -0.1) is 0 Å². The molecule has 0 unspecified atom stereocenters. The fourth-order valence-electron chi connectivity index (χ4n) is 3.05. The molecule has 1 spiro atoms. The molecule has 0 atom stereocenters. The minimum Gasteiger partial charge on any atom is -0.342 e. The molecule has 18 heavy (non-hydrogen) atoms. The van der Waals surface area contributed by atoms with Crippen LogP contribution in [0.5, 0.6) is 0 Å². The maximum atomic E-state index is 11.9. The van der Waals surface area contributed by atoms with Crippen LogP contribution in [0, 0.1) is 11.3 Å². The summed E-state index contributed by atoms with van der Waals surface area (Å²) in [4.78, 5) is 27.4. The van der Waals surface area contributed by atoms with Crippen molar-refractivity contribution in [3.05, 3.63) is 0 Å². The van der Waals surface area contributed by atoms with Crippen molar-refractivity contribution in [3.8, 4) is 0 Å². The second-order valence-electron chi connectivity index (χ2n) is 6.08. The van der Waals surface area contributed by atoms with Crippen molar-refractivity contribution in [2.75, 3.05) is 26.2 Å². The lowest BCUT2D eigenvalue weighted by Crippen LogP contribution is -2.62. The lowest BCUT2D eigenvalue weighted by atomic mass is 9.71. The Kier molecular flexibility index (Phi) is 3.64. The van der Waals surface area contributed by atoms with Gasteiger partial charge in [-0.2, -0.15) is 0 Å². The predicted octanol–water partition coefficient (Wildman–Crippen LogP) is 1.50. The molecule has 2 heterocycles. The summed E-state index contributed by atoms with van der Waals surface area (Å²) >= 11 is 0. The zero-order valence-electron chi connectivity index (χ0n) is 11.7. The Balaban J connectivity index is 1.82. The van der Waals surface area contributed by atoms with Crippen molar-refractivity contribution < 1.29 is 9.59 Å². The van der Waals surface area contributed by atoms with E-state index < -0.39 is 0 Å². The predicted molar refractivity (Wildman–Crippen MR) is 70.0 cm³/mol. The Morgan fingerprint density at radius 3 is 2.11 bits per heavy atom. The van der Waals surface area contributed by atoms with Gasteiger partial charge in [-0.1, -0.05) is 20.8 Å². The molecule has 2 amide bonds. The third-order valence-electron chi connectivity index (χ3n) is 4.34. The van der Waals surface area contributed by atoms with Crippen LogP contribution in [0.25, 0.3) is 0 Å². The first-order valence-corrected chi connectivity index (χ1v) is 7.04. The summed E-state index contributed by atoms with van der Waals surface area (Å²) in [6, 6.07) is 0. The highest BCUT2D eigenvalue weighted by molar-refractivity contribution is 5.78. The van der Waals surface area contributed by atoms with E-state index in [4.69, 9.17) is 0 Å². The van der Waals surface area contributed by atoms with Crippen molar-refractivity contribution >= 4 is 11.8 Å². The average Bonchev–Trinajstić information content (AvgIpc) is 2.34. The van der Waals surface area contributed by atoms with Gasteiger partial charge in [0, 0.05) is 43.9 Å². The molecule has 2 aliphatic heterocycles. The topological polar surface area (TPSA) is 40.6 Å². The molecular formula is C14H24N2O2. The van der Waals surface area contributed by atoms with E-state index in [1.807, 2.05) is 30.6 Å². The van der Waals surface area contributed by atoms with Crippen LogP contribution in [0.4, 0.5) is 0 Å². The number of carbonyl (C=O) groups is 2. The molecule has 0 aromatic rings. The molecule has 0 bridgehead atoms. The van der Waals surface area contributed by atoms with Crippen LogP contribution in [-0.2, 0) is 9.59 Å². The molecule has 4 nitrogen and oxygen atoms in total. The monoisotopic (exact) mass is 252 g/mol. The zero-order chi connectivity index (χ0) is 13.3. The Bertz CT molecular complexity index is 336. The van der Waals surface area contributed by atoms with Crippen molar-refractivity contribution in [1.82, 2.24) is 9.80 Å². The third-order valence-corrected chi connectivity index (χ3v) is 4.34. The summed E-state index contributed by atoms with van der Waals surface area (Å²) < 4.78 is 0. The van der Waals surface area contributed by atoms with Crippen LogP contribution < -0.4 is 0 Å². The molecule has 0 aromatic heterocycles. The minimum atomic E-state index is 0.0959. The summed E-state index contributed by atoms with van der Waals surface area (Å²) in [6.45, 7) is 9.37. The lowest BCUT2D eigenvalue weighted by molar-refractivity contribution is -0.150. The molecule has 2 fully saturated rings. The molecule has 0 aliphatic carbocycles. The fourth-order valence-corrected chi connectivity index (χ4v) is 3.05. The summed E-state index contributed by atoms with van der Waals surface area (Å²) in [5, 5.41) is 0. The molecule has 0 N–H and O–H groups in total. The highest BCUT2D eigenvalue weighted by atomic mass is 16.2. The maximum Gasteiger partial charge on any atom is 0.225 e. The van der Waals surface area contributed by atoms with Gasteiger partial charge in [0.15, 0.2) is 0 Å². The van der Waals surface area contributed by atoms with Gasteiger partial charge in [0.05, 0.1) is 0 Å². The van der Waals surface area contributed by atoms with E-state index in [9.17, 15) is 9.59 Å². The van der Waals surface area contributed by atoms with E-state index in [1.165, 1.54) is 0 Å². The summed E-state index contributed by atoms with van der Waals surface area (Å²) in [5.41, 5.74) is 0.318. The smallest absolute Gasteiger partial charge is 0.225 e. The molecule has 0 saturated carbocycles. The first kappa shape index (κ1) is 13.4.